The Morgan fingerprint density at radius 3 is 2.86 bits per heavy atom. The zero-order valence-corrected chi connectivity index (χ0v) is 14.1. The van der Waals surface area contributed by atoms with E-state index in [0.29, 0.717) is 18.3 Å². The minimum absolute atomic E-state index is 0.299. The second-order valence-corrected chi connectivity index (χ2v) is 6.09. The molecule has 0 radical (unpaired) electrons. The SMILES string of the molecule is CC(C)CNCc1cccc(Br)c1OCc1nnn(C)n1. The highest BCUT2D eigenvalue weighted by atomic mass is 79.9. The van der Waals surface area contributed by atoms with Gasteiger partial charge in [-0.25, -0.2) is 0 Å². The van der Waals surface area contributed by atoms with Gasteiger partial charge in [-0.15, -0.1) is 10.2 Å². The number of para-hydroxylation sites is 1. The number of halogens is 1. The smallest absolute Gasteiger partial charge is 0.212 e. The zero-order valence-electron chi connectivity index (χ0n) is 12.5. The molecule has 0 aliphatic rings. The summed E-state index contributed by atoms with van der Waals surface area (Å²) in [5.41, 5.74) is 1.11. The summed E-state index contributed by atoms with van der Waals surface area (Å²) in [6, 6.07) is 6.02. The fourth-order valence-electron chi connectivity index (χ4n) is 1.87. The van der Waals surface area contributed by atoms with Crippen molar-refractivity contribution >= 4 is 15.9 Å². The molecule has 114 valence electrons. The van der Waals surface area contributed by atoms with Gasteiger partial charge in [0.25, 0.3) is 0 Å². The highest BCUT2D eigenvalue weighted by Gasteiger charge is 2.10. The molecule has 0 aliphatic carbocycles. The number of aryl methyl sites for hydroxylation is 1. The molecular weight excluding hydrogens is 334 g/mol. The molecule has 1 N–H and O–H groups in total. The van der Waals surface area contributed by atoms with Crippen LogP contribution in [0.4, 0.5) is 0 Å². The highest BCUT2D eigenvalue weighted by Crippen LogP contribution is 2.29. The first-order valence-electron chi connectivity index (χ1n) is 6.90. The number of aromatic nitrogens is 4. The van der Waals surface area contributed by atoms with Crippen LogP contribution in [0.25, 0.3) is 0 Å². The number of nitrogens with zero attached hydrogens (tertiary/aromatic N) is 4. The quantitative estimate of drug-likeness (QED) is 0.827. The molecule has 1 aromatic heterocycles. The molecule has 0 spiro atoms. The maximum absolute atomic E-state index is 5.86. The summed E-state index contributed by atoms with van der Waals surface area (Å²) in [5, 5.41) is 15.2. The van der Waals surface area contributed by atoms with E-state index >= 15 is 0 Å². The van der Waals surface area contributed by atoms with Crippen LogP contribution in [0.15, 0.2) is 22.7 Å². The van der Waals surface area contributed by atoms with Gasteiger partial charge in [-0.3, -0.25) is 0 Å². The number of tetrazole rings is 1. The Morgan fingerprint density at radius 1 is 1.38 bits per heavy atom. The van der Waals surface area contributed by atoms with E-state index in [1.807, 2.05) is 12.1 Å². The van der Waals surface area contributed by atoms with Crippen LogP contribution in [0.2, 0.25) is 0 Å². The lowest BCUT2D eigenvalue weighted by molar-refractivity contribution is 0.289. The third-order valence-corrected chi connectivity index (χ3v) is 3.44. The van der Waals surface area contributed by atoms with Gasteiger partial charge in [-0.1, -0.05) is 26.0 Å². The van der Waals surface area contributed by atoms with E-state index < -0.39 is 0 Å². The van der Waals surface area contributed by atoms with E-state index in [1.165, 1.54) is 4.80 Å². The van der Waals surface area contributed by atoms with Crippen LogP contribution in [0.3, 0.4) is 0 Å². The lowest BCUT2D eigenvalue weighted by Crippen LogP contribution is -2.19. The maximum Gasteiger partial charge on any atom is 0.212 e. The van der Waals surface area contributed by atoms with Crippen molar-refractivity contribution in [3.63, 3.8) is 0 Å². The van der Waals surface area contributed by atoms with Gasteiger partial charge >= 0.3 is 0 Å². The number of hydrogen-bond donors (Lipinski definition) is 1. The summed E-state index contributed by atoms with van der Waals surface area (Å²) in [5.74, 6) is 2.00. The van der Waals surface area contributed by atoms with Crippen molar-refractivity contribution in [2.24, 2.45) is 13.0 Å². The van der Waals surface area contributed by atoms with E-state index in [9.17, 15) is 0 Å². The van der Waals surface area contributed by atoms with E-state index in [2.05, 4.69) is 56.6 Å². The molecule has 0 fully saturated rings. The molecule has 1 aromatic carbocycles. The van der Waals surface area contributed by atoms with Crippen LogP contribution < -0.4 is 10.1 Å². The number of hydrogen-bond acceptors (Lipinski definition) is 5. The normalized spacial score (nSPS) is 11.1. The van der Waals surface area contributed by atoms with Crippen molar-refractivity contribution in [3.8, 4) is 5.75 Å². The van der Waals surface area contributed by atoms with E-state index in [-0.39, 0.29) is 0 Å². The molecule has 0 atom stereocenters. The van der Waals surface area contributed by atoms with Gasteiger partial charge in [0, 0.05) is 12.1 Å². The maximum atomic E-state index is 5.86. The largest absolute Gasteiger partial charge is 0.484 e. The Bertz CT molecular complexity index is 584. The van der Waals surface area contributed by atoms with Gasteiger partial charge in [-0.05, 0) is 39.7 Å². The number of rotatable bonds is 7. The van der Waals surface area contributed by atoms with E-state index in [0.717, 1.165) is 28.9 Å². The Labute approximate surface area is 133 Å². The Kier molecular flexibility index (Phi) is 5.69. The fourth-order valence-corrected chi connectivity index (χ4v) is 2.39. The minimum Gasteiger partial charge on any atom is -0.484 e. The van der Waals surface area contributed by atoms with Crippen molar-refractivity contribution in [3.05, 3.63) is 34.1 Å². The average Bonchev–Trinajstić information content (AvgIpc) is 2.83. The van der Waals surface area contributed by atoms with Crippen LogP contribution in [-0.4, -0.2) is 26.8 Å². The van der Waals surface area contributed by atoms with Crippen molar-refractivity contribution in [1.82, 2.24) is 25.5 Å². The molecule has 2 rings (SSSR count). The number of ether oxygens (including phenoxy) is 1. The van der Waals surface area contributed by atoms with E-state index in [1.54, 1.807) is 7.05 Å². The zero-order chi connectivity index (χ0) is 15.2. The molecular formula is C14H20BrN5O. The molecule has 2 aromatic rings. The third-order valence-electron chi connectivity index (χ3n) is 2.81. The van der Waals surface area contributed by atoms with Gasteiger partial charge in [0.2, 0.25) is 5.82 Å². The molecule has 21 heavy (non-hydrogen) atoms. The molecule has 0 saturated heterocycles. The summed E-state index contributed by atoms with van der Waals surface area (Å²) in [7, 11) is 1.73. The second-order valence-electron chi connectivity index (χ2n) is 5.24. The topological polar surface area (TPSA) is 64.9 Å². The Hall–Kier alpha value is -1.47. The first-order chi connectivity index (χ1) is 10.1. The van der Waals surface area contributed by atoms with Gasteiger partial charge < -0.3 is 10.1 Å². The summed E-state index contributed by atoms with van der Waals surface area (Å²) >= 11 is 3.53. The van der Waals surface area contributed by atoms with Crippen molar-refractivity contribution in [1.29, 1.82) is 0 Å². The predicted octanol–water partition coefficient (Wildman–Crippen LogP) is 2.30. The lowest BCUT2D eigenvalue weighted by Gasteiger charge is -2.13. The molecule has 7 heteroatoms. The molecule has 0 aliphatic heterocycles. The van der Waals surface area contributed by atoms with Crippen LogP contribution in [0, 0.1) is 5.92 Å². The number of benzene rings is 1. The van der Waals surface area contributed by atoms with Gasteiger partial charge in [0.05, 0.1) is 11.5 Å². The minimum atomic E-state index is 0.299. The van der Waals surface area contributed by atoms with Crippen LogP contribution in [0.5, 0.6) is 5.75 Å². The molecule has 6 nitrogen and oxygen atoms in total. The summed E-state index contributed by atoms with van der Waals surface area (Å²) < 4.78 is 6.79. The standard InChI is InChI=1S/C14H20BrN5O/c1-10(2)7-16-8-11-5-4-6-12(15)14(11)21-9-13-17-19-20(3)18-13/h4-6,10,16H,7-9H2,1-3H3. The van der Waals surface area contributed by atoms with Crippen molar-refractivity contribution < 1.29 is 4.74 Å². The van der Waals surface area contributed by atoms with Crippen LogP contribution in [0.1, 0.15) is 25.2 Å². The van der Waals surface area contributed by atoms with Crippen molar-refractivity contribution in [2.45, 2.75) is 27.0 Å². The molecule has 0 unspecified atom stereocenters. The fraction of sp³-hybridized carbons (Fsp3) is 0.500. The third kappa shape index (κ3) is 4.78. The van der Waals surface area contributed by atoms with Crippen LogP contribution >= 0.6 is 15.9 Å². The number of nitrogens with one attached hydrogen (secondary N) is 1. The molecule has 0 saturated carbocycles. The van der Waals surface area contributed by atoms with Crippen molar-refractivity contribution in [2.75, 3.05) is 6.54 Å². The van der Waals surface area contributed by atoms with Gasteiger partial charge in [0.1, 0.15) is 5.75 Å². The molecule has 1 heterocycles. The summed E-state index contributed by atoms with van der Waals surface area (Å²) in [6.45, 7) is 6.41. The molecule has 0 amide bonds. The van der Waals surface area contributed by atoms with E-state index in [4.69, 9.17) is 4.74 Å². The van der Waals surface area contributed by atoms with Crippen LogP contribution in [-0.2, 0) is 20.2 Å². The highest BCUT2D eigenvalue weighted by molar-refractivity contribution is 9.10. The second kappa shape index (κ2) is 7.51. The predicted molar refractivity (Wildman–Crippen MR) is 83.8 cm³/mol. The molecule has 0 bridgehead atoms. The Morgan fingerprint density at radius 2 is 2.19 bits per heavy atom. The Balaban J connectivity index is 2.02. The lowest BCUT2D eigenvalue weighted by atomic mass is 10.2. The average molecular weight is 354 g/mol. The first-order valence-corrected chi connectivity index (χ1v) is 7.69. The van der Waals surface area contributed by atoms with Gasteiger partial charge in [-0.2, -0.15) is 4.80 Å². The summed E-state index contributed by atoms with van der Waals surface area (Å²) in [6.07, 6.45) is 0. The first kappa shape index (κ1) is 15.9. The van der Waals surface area contributed by atoms with Gasteiger partial charge in [0.15, 0.2) is 6.61 Å². The summed E-state index contributed by atoms with van der Waals surface area (Å²) in [4.78, 5) is 1.42. The monoisotopic (exact) mass is 353 g/mol.